The van der Waals surface area contributed by atoms with Gasteiger partial charge in [0.2, 0.25) is 0 Å². The molecule has 3 unspecified atom stereocenters. The van der Waals surface area contributed by atoms with Gasteiger partial charge in [0.15, 0.2) is 0 Å². The number of carboxylic acids is 1. The fourth-order valence-electron chi connectivity index (χ4n) is 4.10. The van der Waals surface area contributed by atoms with Gasteiger partial charge in [0.25, 0.3) is 0 Å². The number of hydrogen-bond acceptors (Lipinski definition) is 5. The maximum absolute atomic E-state index is 10.7. The summed E-state index contributed by atoms with van der Waals surface area (Å²) in [5.74, 6) is -0.387. The van der Waals surface area contributed by atoms with Gasteiger partial charge in [-0.25, -0.2) is 0 Å². The minimum absolute atomic E-state index is 0. The van der Waals surface area contributed by atoms with E-state index in [1.54, 1.807) is 0 Å². The summed E-state index contributed by atoms with van der Waals surface area (Å²) < 4.78 is 5.92. The Hall–Kier alpha value is -0.0700. The van der Waals surface area contributed by atoms with Gasteiger partial charge < -0.3 is 19.5 Å². The van der Waals surface area contributed by atoms with Gasteiger partial charge in [-0.3, -0.25) is 4.90 Å². The van der Waals surface area contributed by atoms with Crippen molar-refractivity contribution < 1.29 is 14.6 Å². The first-order chi connectivity index (χ1) is 9.13. The lowest BCUT2D eigenvalue weighted by Gasteiger charge is -2.43. The van der Waals surface area contributed by atoms with Crippen molar-refractivity contribution in [2.45, 2.75) is 43.9 Å². The van der Waals surface area contributed by atoms with Crippen molar-refractivity contribution in [2.75, 3.05) is 33.3 Å². The Morgan fingerprint density at radius 1 is 1.24 bits per heavy atom. The second-order valence-corrected chi connectivity index (χ2v) is 6.30. The normalized spacial score (nSPS) is 36.6. The van der Waals surface area contributed by atoms with Crippen molar-refractivity contribution in [2.24, 2.45) is 5.92 Å². The van der Waals surface area contributed by atoms with Gasteiger partial charge in [-0.2, -0.15) is 0 Å². The maximum Gasteiger partial charge on any atom is 0.0732 e. The molecule has 3 rings (SSSR count). The molecule has 124 valence electrons. The molecule has 0 aliphatic carbocycles. The zero-order valence-electron chi connectivity index (χ0n) is 12.4. The number of rotatable bonds is 3. The number of carbonyl (C=O) groups excluding carboxylic acids is 1. The molecular formula is C14H25Cl2N2O3-. The smallest absolute Gasteiger partial charge is 0.0732 e. The molecule has 0 saturated carbocycles. The molecule has 3 aliphatic rings. The summed E-state index contributed by atoms with van der Waals surface area (Å²) in [5, 5.41) is 10.7. The highest BCUT2D eigenvalue weighted by atomic mass is 35.5. The number of ether oxygens (including phenoxy) is 1. The summed E-state index contributed by atoms with van der Waals surface area (Å²) >= 11 is 0. The van der Waals surface area contributed by atoms with Crippen molar-refractivity contribution in [3.63, 3.8) is 0 Å². The van der Waals surface area contributed by atoms with Crippen LogP contribution < -0.4 is 5.11 Å². The molecule has 0 aromatic rings. The van der Waals surface area contributed by atoms with Crippen molar-refractivity contribution in [3.05, 3.63) is 0 Å². The standard InChI is InChI=1S/C14H24N2O3.2ClH/c1-15-11-2-3-12(15)7-10(6-11)13-8-16(4-5-19-13)9-14(17)18;;/h10-13H,2-9H2,1H3,(H,17,18);2*1H/p-1. The Morgan fingerprint density at radius 3 is 2.43 bits per heavy atom. The molecule has 3 fully saturated rings. The fourth-order valence-corrected chi connectivity index (χ4v) is 4.10. The largest absolute Gasteiger partial charge is 0.549 e. The summed E-state index contributed by atoms with van der Waals surface area (Å²) in [5.41, 5.74) is 0. The molecule has 0 spiro atoms. The number of fused-ring (bicyclic) bond motifs is 2. The summed E-state index contributed by atoms with van der Waals surface area (Å²) in [4.78, 5) is 15.2. The number of carboxylic acid groups (broad SMARTS) is 1. The second-order valence-electron chi connectivity index (χ2n) is 6.30. The molecule has 3 saturated heterocycles. The predicted octanol–water partition coefficient (Wildman–Crippen LogP) is 0.153. The van der Waals surface area contributed by atoms with Crippen molar-refractivity contribution in [1.29, 1.82) is 0 Å². The first-order valence-electron chi connectivity index (χ1n) is 7.39. The number of carbonyl (C=O) groups is 1. The first-order valence-corrected chi connectivity index (χ1v) is 7.39. The van der Waals surface area contributed by atoms with E-state index in [1.807, 2.05) is 4.90 Å². The summed E-state index contributed by atoms with van der Waals surface area (Å²) in [6, 6.07) is 1.42. The lowest BCUT2D eigenvalue weighted by molar-refractivity contribution is -0.307. The van der Waals surface area contributed by atoms with Crippen molar-refractivity contribution in [1.82, 2.24) is 9.80 Å². The van der Waals surface area contributed by atoms with Crippen LogP contribution in [0.1, 0.15) is 25.7 Å². The summed E-state index contributed by atoms with van der Waals surface area (Å²) in [6.07, 6.45) is 5.25. The Morgan fingerprint density at radius 2 is 1.86 bits per heavy atom. The minimum atomic E-state index is -0.982. The number of hydrogen-bond donors (Lipinski definition) is 0. The van der Waals surface area contributed by atoms with Gasteiger partial charge in [-0.1, -0.05) is 0 Å². The van der Waals surface area contributed by atoms with E-state index in [4.69, 9.17) is 4.74 Å². The summed E-state index contributed by atoms with van der Waals surface area (Å²) in [6.45, 7) is 2.16. The number of piperidine rings is 1. The van der Waals surface area contributed by atoms with Crippen LogP contribution in [0, 0.1) is 5.92 Å². The molecule has 0 aromatic heterocycles. The average Bonchev–Trinajstić information content (AvgIpc) is 2.62. The van der Waals surface area contributed by atoms with Crippen LogP contribution in [-0.4, -0.2) is 67.2 Å². The van der Waals surface area contributed by atoms with E-state index >= 15 is 0 Å². The average molecular weight is 340 g/mol. The Bertz CT molecular complexity index is 345. The molecule has 3 atom stereocenters. The molecule has 3 heterocycles. The highest BCUT2D eigenvalue weighted by Crippen LogP contribution is 2.39. The number of nitrogens with zero attached hydrogens (tertiary/aromatic N) is 2. The van der Waals surface area contributed by atoms with E-state index in [9.17, 15) is 9.90 Å². The fraction of sp³-hybridized carbons (Fsp3) is 0.929. The van der Waals surface area contributed by atoms with Gasteiger partial charge in [0.05, 0.1) is 18.7 Å². The van der Waals surface area contributed by atoms with Crippen LogP contribution in [0.15, 0.2) is 0 Å². The topological polar surface area (TPSA) is 55.8 Å². The predicted molar refractivity (Wildman–Crippen MR) is 83.0 cm³/mol. The Labute approximate surface area is 138 Å². The van der Waals surface area contributed by atoms with Gasteiger partial charge >= 0.3 is 0 Å². The first kappa shape index (κ1) is 19.0. The monoisotopic (exact) mass is 339 g/mol. The third-order valence-corrected chi connectivity index (χ3v) is 5.19. The maximum atomic E-state index is 10.7. The second kappa shape index (κ2) is 7.97. The lowest BCUT2D eigenvalue weighted by atomic mass is 9.86. The molecule has 7 heteroatoms. The SMILES string of the molecule is CN1C2CCC1CC(C1CN(CC(=O)[O-])CCO1)C2.Cl.Cl. The molecule has 0 radical (unpaired) electrons. The van der Waals surface area contributed by atoms with Crippen molar-refractivity contribution in [3.8, 4) is 0 Å². The van der Waals surface area contributed by atoms with E-state index in [0.717, 1.165) is 6.54 Å². The Balaban J connectivity index is 0.00000110. The molecule has 0 N–H and O–H groups in total. The summed E-state index contributed by atoms with van der Waals surface area (Å²) in [7, 11) is 2.24. The highest BCUT2D eigenvalue weighted by Gasteiger charge is 2.42. The van der Waals surface area contributed by atoms with Crippen LogP contribution in [0.2, 0.25) is 0 Å². The molecule has 0 amide bonds. The number of halogens is 2. The Kier molecular flexibility index (Phi) is 7.20. The van der Waals surface area contributed by atoms with E-state index in [-0.39, 0.29) is 37.5 Å². The number of morpholine rings is 1. The van der Waals surface area contributed by atoms with Gasteiger partial charge in [0.1, 0.15) is 0 Å². The van der Waals surface area contributed by atoms with Crippen LogP contribution in [0.25, 0.3) is 0 Å². The lowest BCUT2D eigenvalue weighted by Crippen LogP contribution is -2.52. The third kappa shape index (κ3) is 4.23. The van der Waals surface area contributed by atoms with Crippen LogP contribution in [-0.2, 0) is 9.53 Å². The molecule has 3 aliphatic heterocycles. The van der Waals surface area contributed by atoms with Gasteiger partial charge in [-0.15, -0.1) is 24.8 Å². The minimum Gasteiger partial charge on any atom is -0.549 e. The zero-order valence-corrected chi connectivity index (χ0v) is 14.0. The molecule has 2 bridgehead atoms. The molecule has 21 heavy (non-hydrogen) atoms. The van der Waals surface area contributed by atoms with E-state index in [2.05, 4.69) is 11.9 Å². The molecular weight excluding hydrogens is 315 g/mol. The van der Waals surface area contributed by atoms with E-state index in [1.165, 1.54) is 25.7 Å². The van der Waals surface area contributed by atoms with E-state index in [0.29, 0.717) is 31.2 Å². The van der Waals surface area contributed by atoms with Crippen LogP contribution >= 0.6 is 24.8 Å². The van der Waals surface area contributed by atoms with Crippen LogP contribution in [0.3, 0.4) is 0 Å². The van der Waals surface area contributed by atoms with Crippen LogP contribution in [0.4, 0.5) is 0 Å². The quantitative estimate of drug-likeness (QED) is 0.732. The molecule has 0 aromatic carbocycles. The van der Waals surface area contributed by atoms with Gasteiger partial charge in [0, 0.05) is 31.7 Å². The molecule has 5 nitrogen and oxygen atoms in total. The zero-order chi connectivity index (χ0) is 13.4. The number of aliphatic carboxylic acids is 1. The van der Waals surface area contributed by atoms with Crippen molar-refractivity contribution >= 4 is 30.8 Å². The highest BCUT2D eigenvalue weighted by molar-refractivity contribution is 5.85. The van der Waals surface area contributed by atoms with Gasteiger partial charge in [-0.05, 0) is 38.6 Å². The third-order valence-electron chi connectivity index (χ3n) is 5.19. The van der Waals surface area contributed by atoms with Crippen LogP contribution in [0.5, 0.6) is 0 Å². The van der Waals surface area contributed by atoms with E-state index < -0.39 is 5.97 Å².